The van der Waals surface area contributed by atoms with Crippen LogP contribution in [0.25, 0.3) is 0 Å². The summed E-state index contributed by atoms with van der Waals surface area (Å²) in [6.45, 7) is 2.31. The van der Waals surface area contributed by atoms with Crippen LogP contribution in [0.3, 0.4) is 0 Å². The monoisotopic (exact) mass is 280 g/mol. The standard InChI is InChI=1S/C18H32O2/c1-2-14-8-7-9-15(12-14)20-17-13-16(19)18(17)10-5-3-4-6-11-18/h14-17,19H,2-13H2,1H3. The summed E-state index contributed by atoms with van der Waals surface area (Å²) in [6, 6.07) is 0. The minimum Gasteiger partial charge on any atom is -0.392 e. The van der Waals surface area contributed by atoms with Gasteiger partial charge in [-0.15, -0.1) is 0 Å². The fourth-order valence-corrected chi connectivity index (χ4v) is 4.93. The van der Waals surface area contributed by atoms with Crippen LogP contribution in [-0.4, -0.2) is 23.4 Å². The molecular formula is C18H32O2. The molecule has 4 unspecified atom stereocenters. The summed E-state index contributed by atoms with van der Waals surface area (Å²) in [4.78, 5) is 0. The van der Waals surface area contributed by atoms with E-state index in [0.717, 1.165) is 12.3 Å². The van der Waals surface area contributed by atoms with Crippen LogP contribution in [-0.2, 0) is 4.74 Å². The zero-order valence-corrected chi connectivity index (χ0v) is 13.2. The molecule has 0 aliphatic heterocycles. The van der Waals surface area contributed by atoms with Gasteiger partial charge in [-0.25, -0.2) is 0 Å². The summed E-state index contributed by atoms with van der Waals surface area (Å²) < 4.78 is 6.52. The van der Waals surface area contributed by atoms with Gasteiger partial charge in [0, 0.05) is 11.8 Å². The highest BCUT2D eigenvalue weighted by molar-refractivity contribution is 5.05. The molecule has 3 aliphatic carbocycles. The molecular weight excluding hydrogens is 248 g/mol. The Morgan fingerprint density at radius 1 is 1.00 bits per heavy atom. The number of hydrogen-bond donors (Lipinski definition) is 1. The van der Waals surface area contributed by atoms with E-state index < -0.39 is 0 Å². The first-order valence-electron chi connectivity index (χ1n) is 9.08. The largest absolute Gasteiger partial charge is 0.392 e. The molecule has 4 atom stereocenters. The Morgan fingerprint density at radius 3 is 2.40 bits per heavy atom. The number of aliphatic hydroxyl groups is 1. The molecule has 3 aliphatic rings. The van der Waals surface area contributed by atoms with Crippen molar-refractivity contribution in [2.24, 2.45) is 11.3 Å². The maximum absolute atomic E-state index is 10.4. The second-order valence-electron chi connectivity index (χ2n) is 7.59. The number of rotatable bonds is 3. The SMILES string of the molecule is CCC1CCCC(OC2CC(O)C23CCCCCC3)C1. The van der Waals surface area contributed by atoms with Crippen LogP contribution < -0.4 is 0 Å². The molecule has 3 rings (SSSR count). The molecule has 0 radical (unpaired) electrons. The first-order chi connectivity index (χ1) is 9.74. The van der Waals surface area contributed by atoms with Gasteiger partial charge in [0.05, 0.1) is 18.3 Å². The molecule has 1 spiro atoms. The fraction of sp³-hybridized carbons (Fsp3) is 1.00. The van der Waals surface area contributed by atoms with E-state index in [4.69, 9.17) is 4.74 Å². The third kappa shape index (κ3) is 2.78. The molecule has 20 heavy (non-hydrogen) atoms. The van der Waals surface area contributed by atoms with Crippen molar-refractivity contribution < 1.29 is 9.84 Å². The Balaban J connectivity index is 1.59. The fourth-order valence-electron chi connectivity index (χ4n) is 4.93. The highest BCUT2D eigenvalue weighted by atomic mass is 16.5. The first-order valence-corrected chi connectivity index (χ1v) is 9.08. The normalized spacial score (nSPS) is 41.1. The smallest absolute Gasteiger partial charge is 0.0684 e. The molecule has 0 aromatic carbocycles. The number of hydrogen-bond acceptors (Lipinski definition) is 2. The van der Waals surface area contributed by atoms with Crippen molar-refractivity contribution in [1.29, 1.82) is 0 Å². The quantitative estimate of drug-likeness (QED) is 0.828. The predicted molar refractivity (Wildman–Crippen MR) is 81.7 cm³/mol. The lowest BCUT2D eigenvalue weighted by Crippen LogP contribution is -2.59. The zero-order valence-electron chi connectivity index (χ0n) is 13.2. The molecule has 3 fully saturated rings. The van der Waals surface area contributed by atoms with Crippen LogP contribution in [0.5, 0.6) is 0 Å². The van der Waals surface area contributed by atoms with Crippen LogP contribution in [0.4, 0.5) is 0 Å². The van der Waals surface area contributed by atoms with Gasteiger partial charge in [0.1, 0.15) is 0 Å². The highest BCUT2D eigenvalue weighted by Gasteiger charge is 2.55. The molecule has 1 N–H and O–H groups in total. The Labute approximate surface area is 124 Å². The van der Waals surface area contributed by atoms with Gasteiger partial charge in [0.15, 0.2) is 0 Å². The summed E-state index contributed by atoms with van der Waals surface area (Å²) in [7, 11) is 0. The van der Waals surface area contributed by atoms with E-state index in [9.17, 15) is 5.11 Å². The van der Waals surface area contributed by atoms with Gasteiger partial charge >= 0.3 is 0 Å². The Kier molecular flexibility index (Phi) is 4.72. The molecule has 0 bridgehead atoms. The average Bonchev–Trinajstić information content (AvgIpc) is 2.75. The van der Waals surface area contributed by atoms with Crippen molar-refractivity contribution in [2.75, 3.05) is 0 Å². The van der Waals surface area contributed by atoms with Gasteiger partial charge in [0.25, 0.3) is 0 Å². The van der Waals surface area contributed by atoms with E-state index in [1.165, 1.54) is 70.6 Å². The molecule has 2 nitrogen and oxygen atoms in total. The van der Waals surface area contributed by atoms with E-state index in [2.05, 4.69) is 6.92 Å². The Bertz CT molecular complexity index is 307. The number of ether oxygens (including phenoxy) is 1. The average molecular weight is 280 g/mol. The van der Waals surface area contributed by atoms with Crippen LogP contribution in [0.1, 0.15) is 84.0 Å². The summed E-state index contributed by atoms with van der Waals surface area (Å²) in [5.41, 5.74) is 0.135. The first kappa shape index (κ1) is 14.8. The van der Waals surface area contributed by atoms with Gasteiger partial charge in [-0.05, 0) is 31.6 Å². The van der Waals surface area contributed by atoms with Gasteiger partial charge < -0.3 is 9.84 Å². The summed E-state index contributed by atoms with van der Waals surface area (Å²) in [6.07, 6.45) is 15.9. The lowest BCUT2D eigenvalue weighted by atomic mass is 9.59. The van der Waals surface area contributed by atoms with Gasteiger partial charge in [-0.2, -0.15) is 0 Å². The predicted octanol–water partition coefficient (Wildman–Crippen LogP) is 4.45. The van der Waals surface area contributed by atoms with Crippen molar-refractivity contribution in [2.45, 2.75) is 102 Å². The molecule has 116 valence electrons. The zero-order chi connectivity index (χ0) is 14.0. The maximum atomic E-state index is 10.4. The van der Waals surface area contributed by atoms with Crippen molar-refractivity contribution in [3.05, 3.63) is 0 Å². The second-order valence-corrected chi connectivity index (χ2v) is 7.59. The van der Waals surface area contributed by atoms with Crippen molar-refractivity contribution in [3.8, 4) is 0 Å². The van der Waals surface area contributed by atoms with E-state index in [1.807, 2.05) is 0 Å². The lowest BCUT2D eigenvalue weighted by Gasteiger charge is -2.54. The Morgan fingerprint density at radius 2 is 1.75 bits per heavy atom. The Hall–Kier alpha value is -0.0800. The van der Waals surface area contributed by atoms with E-state index in [1.54, 1.807) is 0 Å². The summed E-state index contributed by atoms with van der Waals surface area (Å²) in [5.74, 6) is 0.879. The van der Waals surface area contributed by atoms with E-state index >= 15 is 0 Å². The summed E-state index contributed by atoms with van der Waals surface area (Å²) >= 11 is 0. The van der Waals surface area contributed by atoms with Crippen LogP contribution in [0, 0.1) is 11.3 Å². The molecule has 0 aromatic heterocycles. The molecule has 0 amide bonds. The van der Waals surface area contributed by atoms with Gasteiger partial charge in [0.2, 0.25) is 0 Å². The van der Waals surface area contributed by atoms with Crippen molar-refractivity contribution in [3.63, 3.8) is 0 Å². The van der Waals surface area contributed by atoms with Crippen LogP contribution in [0.15, 0.2) is 0 Å². The topological polar surface area (TPSA) is 29.5 Å². The molecule has 0 saturated heterocycles. The number of aliphatic hydroxyl groups excluding tert-OH is 1. The third-order valence-corrected chi connectivity index (χ3v) is 6.45. The minimum atomic E-state index is -0.0869. The highest BCUT2D eigenvalue weighted by Crippen LogP contribution is 2.53. The molecule has 0 heterocycles. The van der Waals surface area contributed by atoms with Crippen LogP contribution >= 0.6 is 0 Å². The third-order valence-electron chi connectivity index (χ3n) is 6.45. The molecule has 2 heteroatoms. The van der Waals surface area contributed by atoms with E-state index in [-0.39, 0.29) is 11.5 Å². The van der Waals surface area contributed by atoms with Crippen LogP contribution in [0.2, 0.25) is 0 Å². The van der Waals surface area contributed by atoms with Crippen molar-refractivity contribution in [1.82, 2.24) is 0 Å². The maximum Gasteiger partial charge on any atom is 0.0684 e. The van der Waals surface area contributed by atoms with E-state index in [0.29, 0.717) is 12.2 Å². The van der Waals surface area contributed by atoms with Gasteiger partial charge in [-0.3, -0.25) is 0 Å². The van der Waals surface area contributed by atoms with Gasteiger partial charge in [-0.1, -0.05) is 51.9 Å². The lowest BCUT2D eigenvalue weighted by molar-refractivity contribution is -0.221. The molecule has 0 aromatic rings. The second kappa shape index (κ2) is 6.36. The summed E-state index contributed by atoms with van der Waals surface area (Å²) in [5, 5.41) is 10.4. The van der Waals surface area contributed by atoms with Crippen molar-refractivity contribution >= 4 is 0 Å². The minimum absolute atomic E-state index is 0.0869. The molecule has 3 saturated carbocycles.